The molecule has 2 N–H and O–H groups in total. The van der Waals surface area contributed by atoms with E-state index in [9.17, 15) is 5.11 Å². The molecule has 0 aliphatic heterocycles. The number of benzene rings is 2. The summed E-state index contributed by atoms with van der Waals surface area (Å²) in [6.45, 7) is 0. The number of aromatic hydroxyl groups is 1. The second-order valence-corrected chi connectivity index (χ2v) is 5.16. The lowest BCUT2D eigenvalue weighted by molar-refractivity contribution is 0.472. The van der Waals surface area contributed by atoms with Crippen molar-refractivity contribution in [2.45, 2.75) is 25.3 Å². The number of hydrogen-bond acceptors (Lipinski definition) is 3. The summed E-state index contributed by atoms with van der Waals surface area (Å²) in [5.74, 6) is 0.336. The number of phenols is 1. The summed E-state index contributed by atoms with van der Waals surface area (Å²) in [5, 5.41) is 21.9. The third-order valence-corrected chi connectivity index (χ3v) is 3.80. The second kappa shape index (κ2) is 5.26. The zero-order valence-corrected chi connectivity index (χ0v) is 11.1. The molecule has 1 aliphatic rings. The second-order valence-electron chi connectivity index (χ2n) is 5.16. The summed E-state index contributed by atoms with van der Waals surface area (Å²) in [6.07, 6.45) is 3.22. The van der Waals surface area contributed by atoms with Gasteiger partial charge in [0.05, 0.1) is 17.7 Å². The van der Waals surface area contributed by atoms with E-state index >= 15 is 0 Å². The molecule has 1 atom stereocenters. The molecule has 1 aliphatic carbocycles. The summed E-state index contributed by atoms with van der Waals surface area (Å²) in [5.41, 5.74) is 4.18. The van der Waals surface area contributed by atoms with Crippen molar-refractivity contribution >= 4 is 5.69 Å². The molecule has 0 aromatic heterocycles. The number of nitrogens with zero attached hydrogens (tertiary/aromatic N) is 1. The van der Waals surface area contributed by atoms with Gasteiger partial charge < -0.3 is 10.4 Å². The minimum absolute atomic E-state index is 0.271. The summed E-state index contributed by atoms with van der Waals surface area (Å²) >= 11 is 0. The Kier molecular flexibility index (Phi) is 3.30. The third kappa shape index (κ3) is 2.46. The predicted molar refractivity (Wildman–Crippen MR) is 78.6 cm³/mol. The van der Waals surface area contributed by atoms with Crippen molar-refractivity contribution in [3.05, 3.63) is 59.2 Å². The van der Waals surface area contributed by atoms with Crippen LogP contribution in [-0.2, 0) is 6.42 Å². The largest absolute Gasteiger partial charge is 0.508 e. The standard InChI is InChI=1S/C17H16N2O/c18-11-12-4-6-14(7-5-12)19-17-3-1-2-13-10-15(20)8-9-16(13)17/h4-10,17,19-20H,1-3H2. The van der Waals surface area contributed by atoms with Crippen molar-refractivity contribution < 1.29 is 5.11 Å². The number of nitriles is 1. The summed E-state index contributed by atoms with van der Waals surface area (Å²) in [7, 11) is 0. The average molecular weight is 264 g/mol. The van der Waals surface area contributed by atoms with Gasteiger partial charge in [-0.05, 0) is 66.8 Å². The molecule has 0 saturated heterocycles. The molecule has 0 fully saturated rings. The van der Waals surface area contributed by atoms with Crippen molar-refractivity contribution in [3.63, 3.8) is 0 Å². The molecule has 1 unspecified atom stereocenters. The molecule has 3 nitrogen and oxygen atoms in total. The SMILES string of the molecule is N#Cc1ccc(NC2CCCc3cc(O)ccc32)cc1. The highest BCUT2D eigenvalue weighted by atomic mass is 16.3. The third-order valence-electron chi connectivity index (χ3n) is 3.80. The van der Waals surface area contributed by atoms with E-state index < -0.39 is 0 Å². The van der Waals surface area contributed by atoms with Crippen LogP contribution in [-0.4, -0.2) is 5.11 Å². The molecular formula is C17H16N2O. The Hall–Kier alpha value is -2.47. The maximum absolute atomic E-state index is 9.57. The predicted octanol–water partition coefficient (Wildman–Crippen LogP) is 3.75. The van der Waals surface area contributed by atoms with Crippen LogP contribution in [0.2, 0.25) is 0 Å². The van der Waals surface area contributed by atoms with Crippen molar-refractivity contribution in [1.82, 2.24) is 0 Å². The number of hydrogen-bond donors (Lipinski definition) is 2. The molecule has 3 rings (SSSR count). The molecule has 0 spiro atoms. The highest BCUT2D eigenvalue weighted by Gasteiger charge is 2.20. The summed E-state index contributed by atoms with van der Waals surface area (Å²) in [4.78, 5) is 0. The molecule has 100 valence electrons. The van der Waals surface area contributed by atoms with Gasteiger partial charge in [-0.3, -0.25) is 0 Å². The Morgan fingerprint density at radius 2 is 1.95 bits per heavy atom. The van der Waals surface area contributed by atoms with Crippen molar-refractivity contribution in [3.8, 4) is 11.8 Å². The molecule has 20 heavy (non-hydrogen) atoms. The molecule has 0 bridgehead atoms. The molecule has 0 heterocycles. The van der Waals surface area contributed by atoms with E-state index in [0.29, 0.717) is 11.3 Å². The van der Waals surface area contributed by atoms with Gasteiger partial charge in [-0.25, -0.2) is 0 Å². The van der Waals surface area contributed by atoms with Crippen LogP contribution in [0.25, 0.3) is 0 Å². The number of phenolic OH excluding ortho intramolecular Hbond substituents is 1. The van der Waals surface area contributed by atoms with Gasteiger partial charge in [0.1, 0.15) is 5.75 Å². The minimum Gasteiger partial charge on any atom is -0.508 e. The first-order valence-corrected chi connectivity index (χ1v) is 6.85. The van der Waals surface area contributed by atoms with Crippen molar-refractivity contribution in [2.75, 3.05) is 5.32 Å². The lowest BCUT2D eigenvalue weighted by Gasteiger charge is -2.27. The smallest absolute Gasteiger partial charge is 0.115 e. The molecule has 0 radical (unpaired) electrons. The van der Waals surface area contributed by atoms with E-state index in [1.165, 1.54) is 11.1 Å². The zero-order chi connectivity index (χ0) is 13.9. The van der Waals surface area contributed by atoms with E-state index in [-0.39, 0.29) is 6.04 Å². The number of fused-ring (bicyclic) bond motifs is 1. The highest BCUT2D eigenvalue weighted by molar-refractivity contribution is 5.50. The maximum Gasteiger partial charge on any atom is 0.115 e. The van der Waals surface area contributed by atoms with Gasteiger partial charge in [0.2, 0.25) is 0 Å². The van der Waals surface area contributed by atoms with Gasteiger partial charge >= 0.3 is 0 Å². The molecule has 0 amide bonds. The molecule has 0 saturated carbocycles. The zero-order valence-electron chi connectivity index (χ0n) is 11.1. The molecule has 3 heteroatoms. The summed E-state index contributed by atoms with van der Waals surface area (Å²) < 4.78 is 0. The first-order valence-electron chi connectivity index (χ1n) is 6.85. The Balaban J connectivity index is 1.84. The van der Waals surface area contributed by atoms with Crippen LogP contribution in [0.1, 0.15) is 35.6 Å². The maximum atomic E-state index is 9.57. The fraction of sp³-hybridized carbons (Fsp3) is 0.235. The molecular weight excluding hydrogens is 248 g/mol. The van der Waals surface area contributed by atoms with Gasteiger partial charge in [-0.1, -0.05) is 6.07 Å². The number of aryl methyl sites for hydroxylation is 1. The van der Waals surface area contributed by atoms with Crippen LogP contribution >= 0.6 is 0 Å². The van der Waals surface area contributed by atoms with Gasteiger partial charge in [-0.15, -0.1) is 0 Å². The lowest BCUT2D eigenvalue weighted by Crippen LogP contribution is -2.17. The summed E-state index contributed by atoms with van der Waals surface area (Å²) in [6, 6.07) is 15.5. The number of rotatable bonds is 2. The van der Waals surface area contributed by atoms with Crippen LogP contribution in [0.5, 0.6) is 5.75 Å². The van der Waals surface area contributed by atoms with Crippen molar-refractivity contribution in [1.29, 1.82) is 5.26 Å². The Morgan fingerprint density at radius 3 is 2.70 bits per heavy atom. The fourth-order valence-electron chi connectivity index (χ4n) is 2.79. The van der Waals surface area contributed by atoms with E-state index in [1.807, 2.05) is 36.4 Å². The van der Waals surface area contributed by atoms with E-state index in [1.54, 1.807) is 6.07 Å². The monoisotopic (exact) mass is 264 g/mol. The van der Waals surface area contributed by atoms with Crippen molar-refractivity contribution in [2.24, 2.45) is 0 Å². The molecule has 2 aromatic carbocycles. The average Bonchev–Trinajstić information content (AvgIpc) is 2.48. The molecule has 2 aromatic rings. The Bertz CT molecular complexity index is 656. The topological polar surface area (TPSA) is 56.0 Å². The Labute approximate surface area is 118 Å². The number of nitrogens with one attached hydrogen (secondary N) is 1. The first-order chi connectivity index (χ1) is 9.76. The fourth-order valence-corrected chi connectivity index (χ4v) is 2.79. The van der Waals surface area contributed by atoms with Crippen LogP contribution in [0.3, 0.4) is 0 Å². The van der Waals surface area contributed by atoms with E-state index in [2.05, 4.69) is 11.4 Å². The van der Waals surface area contributed by atoms with Gasteiger partial charge in [0.25, 0.3) is 0 Å². The van der Waals surface area contributed by atoms with E-state index in [0.717, 1.165) is 24.9 Å². The van der Waals surface area contributed by atoms with Crippen LogP contribution in [0, 0.1) is 11.3 Å². The van der Waals surface area contributed by atoms with E-state index in [4.69, 9.17) is 5.26 Å². The van der Waals surface area contributed by atoms with Gasteiger partial charge in [0.15, 0.2) is 0 Å². The Morgan fingerprint density at radius 1 is 1.15 bits per heavy atom. The van der Waals surface area contributed by atoms with Gasteiger partial charge in [0, 0.05) is 5.69 Å². The quantitative estimate of drug-likeness (QED) is 0.868. The highest BCUT2D eigenvalue weighted by Crippen LogP contribution is 2.34. The minimum atomic E-state index is 0.271. The number of anilines is 1. The lowest BCUT2D eigenvalue weighted by atomic mass is 9.87. The van der Waals surface area contributed by atoms with Crippen LogP contribution in [0.4, 0.5) is 5.69 Å². The van der Waals surface area contributed by atoms with Crippen LogP contribution in [0.15, 0.2) is 42.5 Å². The first kappa shape index (κ1) is 12.6. The van der Waals surface area contributed by atoms with Gasteiger partial charge in [-0.2, -0.15) is 5.26 Å². The van der Waals surface area contributed by atoms with Crippen LogP contribution < -0.4 is 5.32 Å². The normalized spacial score (nSPS) is 17.1.